The first-order chi connectivity index (χ1) is 53.9. The van der Waals surface area contributed by atoms with E-state index in [1.165, 1.54) is 29.2 Å². The molecule has 0 fully saturated rings. The van der Waals surface area contributed by atoms with Crippen molar-refractivity contribution < 1.29 is 43.2 Å². The lowest BCUT2D eigenvalue weighted by Gasteiger charge is -2.19. The molecule has 0 bridgehead atoms. The molecule has 12 rings (SSSR count). The lowest BCUT2D eigenvalue weighted by Crippen LogP contribution is -2.19. The number of aromatic nitrogens is 6. The van der Waals surface area contributed by atoms with Crippen LogP contribution in [0.15, 0.2) is 290 Å². The van der Waals surface area contributed by atoms with E-state index in [2.05, 4.69) is 154 Å². The molecule has 580 valence electrons. The van der Waals surface area contributed by atoms with Crippen molar-refractivity contribution in [3.8, 4) is 0 Å². The van der Waals surface area contributed by atoms with Crippen molar-refractivity contribution in [1.82, 2.24) is 27.4 Å². The van der Waals surface area contributed by atoms with E-state index in [9.17, 15) is 24.3 Å². The Morgan fingerprint density at radius 3 is 1.10 bits per heavy atom. The summed E-state index contributed by atoms with van der Waals surface area (Å²) in [7, 11) is 0. The molecule has 17 nitrogen and oxygen atoms in total. The summed E-state index contributed by atoms with van der Waals surface area (Å²) in [6, 6.07) is 79.5. The molecule has 12 aromatic rings. The van der Waals surface area contributed by atoms with Crippen LogP contribution in [-0.2, 0) is 18.9 Å². The summed E-state index contributed by atoms with van der Waals surface area (Å²) in [4.78, 5) is 54.0. The third-order valence-electron chi connectivity index (χ3n) is 18.4. The maximum Gasteiger partial charge on any atom is 0.355 e. The monoisotopic (exact) mass is 1630 g/mol. The molecule has 0 saturated carbocycles. The molecular formula is C93H100Br2N8O9. The Kier molecular flexibility index (Phi) is 34.5. The molecule has 19 heteroatoms. The van der Waals surface area contributed by atoms with Gasteiger partial charge in [0.1, 0.15) is 35.6 Å². The standard InChI is InChI=1S/C17H18N2O.C16H18BrNO.C16H19NO3.C15H14N2O.C15H17NO2.C14H14BrNO/c1-5-20-14(3)17-11-16(18-4)12-19(17)13(2)15-9-7-6-8-10-15;1-4-19-13(3)16-10-15(17)11-18(16)12(2)14-8-6-5-7-9-14;1-12(18)11-20-16(19)15-9-6-10-17(15)13(2)14-7-4-3-5-8-14;1-11(13-7-5-4-6-8-13)17-14(12(2)18)9-10-15(17)16-3;1-3-18-15(17)14-10-7-11-16(14)12(2)13-8-5-4-6-9-13;1-10(12-6-4-3-5-7-12)16-13(11(2)17)8-9-14(16)15/h6-13H,3,5H2,1-2H3;5-12H,3-4H2,1-2H3;3-10,12-13,18H,11H2,1-2H3;4-11H,1-2H3;4-12H,3H2,1-2H3;3-10H,1-2H3/t13-;12-;12?,13-;11-;12-;10-/m111111/s1. The molecule has 0 radical (unpaired) electrons. The highest BCUT2D eigenvalue weighted by molar-refractivity contribution is 9.10. The van der Waals surface area contributed by atoms with E-state index in [0.717, 1.165) is 37.3 Å². The number of carbonyl (C=O) groups is 4. The number of esters is 2. The summed E-state index contributed by atoms with van der Waals surface area (Å²) in [6.07, 6.45) is 7.02. The number of rotatable bonds is 25. The van der Waals surface area contributed by atoms with E-state index in [0.29, 0.717) is 59.9 Å². The average Bonchev–Trinajstić information content (AvgIpc) is 1.66. The Morgan fingerprint density at radius 1 is 0.393 bits per heavy atom. The molecule has 6 heterocycles. The van der Waals surface area contributed by atoms with Crippen LogP contribution in [0.5, 0.6) is 0 Å². The molecule has 0 aliphatic rings. The molecule has 1 unspecified atom stereocenters. The van der Waals surface area contributed by atoms with Crippen molar-refractivity contribution in [3.05, 3.63) is 380 Å². The van der Waals surface area contributed by atoms with Gasteiger partial charge in [-0.1, -0.05) is 202 Å². The Labute approximate surface area is 676 Å². The fraction of sp³-hybridized carbons (Fsp3) is 0.247. The maximum absolute atomic E-state index is 12.0. The third-order valence-corrected chi connectivity index (χ3v) is 19.5. The van der Waals surface area contributed by atoms with Gasteiger partial charge < -0.3 is 51.7 Å². The number of halogens is 2. The van der Waals surface area contributed by atoms with E-state index in [1.807, 2.05) is 229 Å². The molecule has 0 saturated heterocycles. The zero-order chi connectivity index (χ0) is 81.4. The summed E-state index contributed by atoms with van der Waals surface area (Å²) < 4.78 is 34.9. The number of nitrogens with zero attached hydrogens (tertiary/aromatic N) is 8. The third kappa shape index (κ3) is 24.1. The van der Waals surface area contributed by atoms with Gasteiger partial charge in [0.2, 0.25) is 11.5 Å². The van der Waals surface area contributed by atoms with Crippen LogP contribution in [0.25, 0.3) is 21.2 Å². The predicted molar refractivity (Wildman–Crippen MR) is 455 cm³/mol. The van der Waals surface area contributed by atoms with Crippen LogP contribution in [0.4, 0.5) is 11.5 Å². The van der Waals surface area contributed by atoms with Gasteiger partial charge in [0.15, 0.2) is 17.3 Å². The van der Waals surface area contributed by atoms with Crippen LogP contribution in [0.3, 0.4) is 0 Å². The second-order valence-electron chi connectivity index (χ2n) is 26.1. The molecule has 6 aromatic heterocycles. The fourth-order valence-corrected chi connectivity index (χ4v) is 13.6. The molecule has 0 aliphatic heterocycles. The smallest absolute Gasteiger partial charge is 0.355 e. The minimum absolute atomic E-state index is 0.00370. The van der Waals surface area contributed by atoms with Gasteiger partial charge in [-0.2, -0.15) is 0 Å². The SMILES string of the molecule is C=C(OCC)c1cc(Br)cn1[C@H](C)c1ccccc1.CC(=O)c1ccc(Br)n1[C@H](C)c1ccccc1.CC(O)COC(=O)c1cccn1[C@H](C)c1ccccc1.CCOC(=O)c1cccn1[C@H](C)c1ccccc1.[C-]#[N+]c1cc(C(=C)OCC)n([C@H](C)c2ccccc2)c1.[C-]#[N+]c1ccc(C(C)=O)n1[C@H](C)c1ccccc1. The van der Waals surface area contributed by atoms with Crippen LogP contribution < -0.4 is 0 Å². The molecular weight excluding hydrogens is 1530 g/mol. The van der Waals surface area contributed by atoms with Crippen LogP contribution >= 0.6 is 31.9 Å². The van der Waals surface area contributed by atoms with E-state index in [-0.39, 0.29) is 60.4 Å². The summed E-state index contributed by atoms with van der Waals surface area (Å²) >= 11 is 7.02. The van der Waals surface area contributed by atoms with E-state index >= 15 is 0 Å². The van der Waals surface area contributed by atoms with E-state index in [4.69, 9.17) is 32.1 Å². The van der Waals surface area contributed by atoms with Gasteiger partial charge in [0, 0.05) is 43.1 Å². The second-order valence-corrected chi connectivity index (χ2v) is 27.9. The zero-order valence-electron chi connectivity index (χ0n) is 65.7. The van der Waals surface area contributed by atoms with Crippen LogP contribution in [-0.4, -0.2) is 88.5 Å². The average molecular weight is 1630 g/mol. The Hall–Kier alpha value is -11.7. The highest BCUT2D eigenvalue weighted by Gasteiger charge is 2.24. The lowest BCUT2D eigenvalue weighted by molar-refractivity contribution is 0.0284. The minimum Gasteiger partial charge on any atom is -0.492 e. The summed E-state index contributed by atoms with van der Waals surface area (Å²) in [5, 5.41) is 9.17. The van der Waals surface area contributed by atoms with Crippen molar-refractivity contribution in [2.24, 2.45) is 0 Å². The Balaban J connectivity index is 0.000000187. The van der Waals surface area contributed by atoms with Crippen LogP contribution in [0.1, 0.15) is 206 Å². The van der Waals surface area contributed by atoms with Gasteiger partial charge in [-0.3, -0.25) is 14.2 Å². The number of aliphatic hydroxyl groups is 1. The zero-order valence-corrected chi connectivity index (χ0v) is 68.9. The number of aliphatic hydroxyl groups excluding tert-OH is 1. The van der Waals surface area contributed by atoms with Crippen molar-refractivity contribution >= 4 is 78.4 Å². The first kappa shape index (κ1) is 87.5. The van der Waals surface area contributed by atoms with Crippen LogP contribution in [0.2, 0.25) is 0 Å². The van der Waals surface area contributed by atoms with Crippen LogP contribution in [0, 0.1) is 13.1 Å². The highest BCUT2D eigenvalue weighted by atomic mass is 79.9. The van der Waals surface area contributed by atoms with Gasteiger partial charge in [0.05, 0.1) is 84.4 Å². The van der Waals surface area contributed by atoms with Gasteiger partial charge in [-0.15, -0.1) is 0 Å². The Bertz CT molecular complexity index is 5040. The lowest BCUT2D eigenvalue weighted by atomic mass is 10.1. The molecule has 7 atom stereocenters. The van der Waals surface area contributed by atoms with Crippen molar-refractivity contribution in [2.45, 2.75) is 125 Å². The largest absolute Gasteiger partial charge is 0.492 e. The number of hydrogen-bond donors (Lipinski definition) is 1. The molecule has 112 heavy (non-hydrogen) atoms. The molecule has 6 aromatic carbocycles. The maximum atomic E-state index is 12.0. The summed E-state index contributed by atoms with van der Waals surface area (Å²) in [5.74, 6) is 1.17. The predicted octanol–water partition coefficient (Wildman–Crippen LogP) is 23.3. The summed E-state index contributed by atoms with van der Waals surface area (Å²) in [6.45, 7) is 46.8. The molecule has 0 aliphatic carbocycles. The fourth-order valence-electron chi connectivity index (χ4n) is 12.5. The minimum atomic E-state index is -0.658. The van der Waals surface area contributed by atoms with Gasteiger partial charge in [-0.05, 0) is 195 Å². The van der Waals surface area contributed by atoms with E-state index < -0.39 is 12.1 Å². The highest BCUT2D eigenvalue weighted by Crippen LogP contribution is 2.34. The van der Waals surface area contributed by atoms with E-state index in [1.54, 1.807) is 42.7 Å². The summed E-state index contributed by atoms with van der Waals surface area (Å²) in [5.41, 5.74) is 11.9. The van der Waals surface area contributed by atoms with Crippen molar-refractivity contribution in [1.29, 1.82) is 0 Å². The number of hydrogen-bond acceptors (Lipinski definition) is 9. The quantitative estimate of drug-likeness (QED) is 0.0254. The number of carbonyl (C=O) groups excluding carboxylic acids is 4. The number of ketones is 2. The number of Topliss-reactive ketones (excluding diaryl/α,β-unsaturated/α-hetero) is 2. The Morgan fingerprint density at radius 2 is 0.732 bits per heavy atom. The van der Waals surface area contributed by atoms with Gasteiger partial charge in [0.25, 0.3) is 0 Å². The van der Waals surface area contributed by atoms with Crippen molar-refractivity contribution in [3.63, 3.8) is 0 Å². The first-order valence-corrected chi connectivity index (χ1v) is 38.7. The molecule has 0 spiro atoms. The number of benzene rings is 6. The topological polar surface area (TPSA) is 164 Å². The van der Waals surface area contributed by atoms with Crippen molar-refractivity contribution in [2.75, 3.05) is 26.4 Å². The molecule has 0 amide bonds. The van der Waals surface area contributed by atoms with Gasteiger partial charge in [-0.25, -0.2) is 14.4 Å². The number of ether oxygens (including phenoxy) is 4. The molecule has 1 N–H and O–H groups in total. The first-order valence-electron chi connectivity index (χ1n) is 37.1. The second kappa shape index (κ2) is 44.2. The normalized spacial score (nSPS) is 12.3. The van der Waals surface area contributed by atoms with Gasteiger partial charge >= 0.3 is 11.9 Å².